The summed E-state index contributed by atoms with van der Waals surface area (Å²) in [5, 5.41) is 0.0520. The summed E-state index contributed by atoms with van der Waals surface area (Å²) in [4.78, 5) is 26.4. The zero-order chi connectivity index (χ0) is 29.0. The molecule has 0 saturated carbocycles. The van der Waals surface area contributed by atoms with Gasteiger partial charge >= 0.3 is 5.97 Å². The van der Waals surface area contributed by atoms with Gasteiger partial charge in [0.15, 0.2) is 16.6 Å². The lowest BCUT2D eigenvalue weighted by atomic mass is 9.85. The summed E-state index contributed by atoms with van der Waals surface area (Å²) in [6, 6.07) is 0.777. The third-order valence-corrected chi connectivity index (χ3v) is 18.1. The highest BCUT2D eigenvalue weighted by Gasteiger charge is 2.43. The lowest BCUT2D eigenvalue weighted by Gasteiger charge is -2.41. The van der Waals surface area contributed by atoms with Crippen molar-refractivity contribution < 1.29 is 23.2 Å². The van der Waals surface area contributed by atoms with Crippen LogP contribution in [0.5, 0.6) is 0 Å². The highest BCUT2D eigenvalue weighted by atomic mass is 28.4. The number of hydrogen-bond donors (Lipinski definition) is 0. The molecule has 0 unspecified atom stereocenters. The molecule has 0 radical (unpaired) electrons. The van der Waals surface area contributed by atoms with E-state index in [1.165, 1.54) is 0 Å². The number of hydrogen-bond acceptors (Lipinski definition) is 5. The maximum atomic E-state index is 13.8. The molecule has 0 rings (SSSR count). The molecule has 212 valence electrons. The van der Waals surface area contributed by atoms with Gasteiger partial charge in [-0.15, -0.1) is 0 Å². The minimum Gasteiger partial charge on any atom is -0.463 e. The Morgan fingerprint density at radius 2 is 1.28 bits per heavy atom. The summed E-state index contributed by atoms with van der Waals surface area (Å²) in [7, 11) is -5.84. The van der Waals surface area contributed by atoms with Crippen LogP contribution in [0.1, 0.15) is 68.7 Å². The number of ether oxygens (including phenoxy) is 1. The van der Waals surface area contributed by atoms with Crippen LogP contribution in [-0.4, -0.2) is 55.8 Å². The number of carbonyl (C=O) groups excluding carboxylic acids is 2. The van der Waals surface area contributed by atoms with E-state index < -0.39 is 36.2 Å². The van der Waals surface area contributed by atoms with Gasteiger partial charge in [-0.2, -0.15) is 0 Å². The molecule has 0 aliphatic heterocycles. The van der Waals surface area contributed by atoms with Crippen molar-refractivity contribution in [3.63, 3.8) is 0 Å². The molecule has 0 aromatic carbocycles. The van der Waals surface area contributed by atoms with Gasteiger partial charge in [-0.3, -0.25) is 4.79 Å². The number of carbonyl (C=O) groups is 2. The monoisotopic (exact) mass is 558 g/mol. The fourth-order valence-electron chi connectivity index (χ4n) is 3.09. The molecule has 0 spiro atoms. The second kappa shape index (κ2) is 12.5. The second-order valence-corrected chi connectivity index (χ2v) is 30.2. The van der Waals surface area contributed by atoms with Crippen molar-refractivity contribution in [1.82, 2.24) is 0 Å². The largest absolute Gasteiger partial charge is 0.463 e. The summed E-state index contributed by atoms with van der Waals surface area (Å²) in [6.07, 6.45) is 1.39. The Hall–Kier alpha value is -0.549. The summed E-state index contributed by atoms with van der Waals surface area (Å²) < 4.78 is 18.6. The molecular formula is C28H58O5Si3. The number of esters is 1. The van der Waals surface area contributed by atoms with Crippen molar-refractivity contribution >= 4 is 36.5 Å². The van der Waals surface area contributed by atoms with E-state index >= 15 is 0 Å². The highest BCUT2D eigenvalue weighted by Crippen LogP contribution is 2.41. The topological polar surface area (TPSA) is 61.8 Å². The maximum absolute atomic E-state index is 13.8. The molecule has 0 aromatic heterocycles. The second-order valence-electron chi connectivity index (χ2n) is 15.1. The fraction of sp³-hybridized carbons (Fsp3) is 0.857. The quantitative estimate of drug-likeness (QED) is 0.129. The van der Waals surface area contributed by atoms with E-state index in [0.29, 0.717) is 13.2 Å². The highest BCUT2D eigenvalue weighted by molar-refractivity contribution is 6.77. The lowest BCUT2D eigenvalue weighted by Crippen LogP contribution is -2.47. The molecule has 0 aliphatic rings. The molecule has 0 saturated heterocycles. The normalized spacial score (nSPS) is 15.6. The average molecular weight is 559 g/mol. The van der Waals surface area contributed by atoms with Crippen molar-refractivity contribution in [2.75, 3.05) is 13.2 Å². The first-order valence-corrected chi connectivity index (χ1v) is 23.0. The molecule has 1 atom stereocenters. The summed E-state index contributed by atoms with van der Waals surface area (Å²) in [6.45, 7) is 35.3. The van der Waals surface area contributed by atoms with Gasteiger partial charge in [0.1, 0.15) is 5.78 Å². The SMILES string of the molecule is CCOC(=O)/C=C(\C[Si](C)(C)C)[C@H](CC(=O)C(C)(C)CO[Si](C)(C)C(C)(C)C)O[Si](C)(C)C(C)(C)C. The van der Waals surface area contributed by atoms with E-state index in [1.54, 1.807) is 6.08 Å². The first kappa shape index (κ1) is 35.5. The molecule has 0 heterocycles. The van der Waals surface area contributed by atoms with Crippen molar-refractivity contribution in [3.05, 3.63) is 11.6 Å². The van der Waals surface area contributed by atoms with E-state index in [4.69, 9.17) is 13.6 Å². The van der Waals surface area contributed by atoms with Crippen LogP contribution in [-0.2, 0) is 23.2 Å². The van der Waals surface area contributed by atoms with E-state index in [9.17, 15) is 9.59 Å². The van der Waals surface area contributed by atoms with Gasteiger partial charge in [-0.05, 0) is 54.8 Å². The molecule has 0 aromatic rings. The first-order chi connectivity index (χ1) is 15.8. The number of rotatable bonds is 13. The zero-order valence-electron chi connectivity index (χ0n) is 26.5. The van der Waals surface area contributed by atoms with Gasteiger partial charge in [0.2, 0.25) is 0 Å². The van der Waals surface area contributed by atoms with E-state index in [2.05, 4.69) is 87.4 Å². The van der Waals surface area contributed by atoms with E-state index in [0.717, 1.165) is 11.6 Å². The minimum absolute atomic E-state index is 0.0243. The van der Waals surface area contributed by atoms with Gasteiger partial charge in [0.25, 0.3) is 0 Å². The Morgan fingerprint density at radius 1 is 0.806 bits per heavy atom. The van der Waals surface area contributed by atoms with Crippen LogP contribution in [0.25, 0.3) is 0 Å². The van der Waals surface area contributed by atoms with Gasteiger partial charge in [-0.25, -0.2) is 4.79 Å². The first-order valence-electron chi connectivity index (χ1n) is 13.5. The Bertz CT molecular complexity index is 778. The van der Waals surface area contributed by atoms with Gasteiger partial charge in [-0.1, -0.05) is 75.0 Å². The summed E-state index contributed by atoms with van der Waals surface area (Å²) >= 11 is 0. The third kappa shape index (κ3) is 11.5. The molecule has 5 nitrogen and oxygen atoms in total. The Kier molecular flexibility index (Phi) is 12.3. The van der Waals surface area contributed by atoms with Crippen molar-refractivity contribution in [2.45, 2.75) is 137 Å². The predicted octanol–water partition coefficient (Wildman–Crippen LogP) is 8.21. The number of Topliss-reactive ketones (excluding diaryl/α,β-unsaturated/α-hetero) is 1. The van der Waals surface area contributed by atoms with Crippen LogP contribution < -0.4 is 0 Å². The maximum Gasteiger partial charge on any atom is 0.330 e. The Balaban J connectivity index is 6.29. The predicted molar refractivity (Wildman–Crippen MR) is 161 cm³/mol. The zero-order valence-corrected chi connectivity index (χ0v) is 29.5. The van der Waals surface area contributed by atoms with Gasteiger partial charge < -0.3 is 13.6 Å². The van der Waals surface area contributed by atoms with Crippen LogP contribution in [0.2, 0.25) is 61.9 Å². The molecule has 0 N–H and O–H groups in total. The third-order valence-electron chi connectivity index (χ3n) is 7.71. The van der Waals surface area contributed by atoms with Gasteiger partial charge in [0.05, 0.1) is 12.7 Å². The van der Waals surface area contributed by atoms with Crippen LogP contribution in [0.15, 0.2) is 11.6 Å². The van der Waals surface area contributed by atoms with Crippen molar-refractivity contribution in [3.8, 4) is 0 Å². The van der Waals surface area contributed by atoms with Crippen LogP contribution in [0.3, 0.4) is 0 Å². The lowest BCUT2D eigenvalue weighted by molar-refractivity contribution is -0.137. The summed E-state index contributed by atoms with van der Waals surface area (Å²) in [5.74, 6) is -0.252. The van der Waals surface area contributed by atoms with E-state index in [1.807, 2.05) is 20.8 Å². The molecule has 8 heteroatoms. The molecule has 0 aliphatic carbocycles. The standard InChI is InChI=1S/C28H58O5Si3/c1-17-31-25(30)18-22(20-34(10,11)12)23(33-36(15,16)27(5,6)7)19-24(29)28(8,9)21-32-35(13,14)26(2,3)4/h18,23H,17,19-21H2,1-16H3/b22-18+/t23-/m0/s1. The van der Waals surface area contributed by atoms with Crippen molar-refractivity contribution in [2.24, 2.45) is 5.41 Å². The van der Waals surface area contributed by atoms with E-state index in [-0.39, 0.29) is 28.2 Å². The molecule has 0 amide bonds. The fourth-order valence-corrected chi connectivity index (χ4v) is 7.10. The molecule has 36 heavy (non-hydrogen) atoms. The Labute approximate surface area is 226 Å². The summed E-state index contributed by atoms with van der Waals surface area (Å²) in [5.41, 5.74) is 0.241. The minimum atomic E-state index is -2.23. The number of ketones is 1. The van der Waals surface area contributed by atoms with Gasteiger partial charge in [0, 0.05) is 32.6 Å². The van der Waals surface area contributed by atoms with Crippen LogP contribution in [0.4, 0.5) is 0 Å². The average Bonchev–Trinajstić information content (AvgIpc) is 2.62. The van der Waals surface area contributed by atoms with Crippen LogP contribution in [0, 0.1) is 5.41 Å². The Morgan fingerprint density at radius 3 is 1.67 bits per heavy atom. The smallest absolute Gasteiger partial charge is 0.330 e. The van der Waals surface area contributed by atoms with Crippen molar-refractivity contribution in [1.29, 1.82) is 0 Å². The van der Waals surface area contributed by atoms with Crippen LogP contribution >= 0.6 is 0 Å². The molecular weight excluding hydrogens is 501 g/mol. The molecule has 0 bridgehead atoms. The molecule has 0 fully saturated rings.